The lowest BCUT2D eigenvalue weighted by Gasteiger charge is -2.29. The van der Waals surface area contributed by atoms with Crippen molar-refractivity contribution in [1.82, 2.24) is 19.8 Å². The lowest BCUT2D eigenvalue weighted by atomic mass is 10.1. The number of imidazole rings is 1. The van der Waals surface area contributed by atoms with Gasteiger partial charge >= 0.3 is 0 Å². The molecule has 5 nitrogen and oxygen atoms in total. The van der Waals surface area contributed by atoms with Crippen LogP contribution < -0.4 is 4.90 Å². The Hall–Kier alpha value is -2.37. The van der Waals surface area contributed by atoms with Crippen molar-refractivity contribution in [3.8, 4) is 11.4 Å². The van der Waals surface area contributed by atoms with Crippen molar-refractivity contribution in [3.63, 3.8) is 0 Å². The van der Waals surface area contributed by atoms with Gasteiger partial charge in [0.05, 0.1) is 11.0 Å². The van der Waals surface area contributed by atoms with E-state index in [2.05, 4.69) is 78.2 Å². The number of likely N-dealkylation sites (N-methyl/N-ethyl adjacent to an activating group) is 2. The first-order valence-corrected chi connectivity index (χ1v) is 9.13. The molecule has 0 radical (unpaired) electrons. The van der Waals surface area contributed by atoms with Gasteiger partial charge in [0.25, 0.3) is 0 Å². The zero-order valence-electron chi connectivity index (χ0n) is 16.2. The number of nitrogens with zero attached hydrogens (tertiary/aromatic N) is 4. The Kier molecular flexibility index (Phi) is 5.91. The van der Waals surface area contributed by atoms with E-state index >= 15 is 0 Å². The largest absolute Gasteiger partial charge is 0.368 e. The number of anilines is 1. The van der Waals surface area contributed by atoms with E-state index in [0.717, 1.165) is 48.6 Å². The fourth-order valence-corrected chi connectivity index (χ4v) is 3.02. The van der Waals surface area contributed by atoms with Gasteiger partial charge < -0.3 is 19.7 Å². The van der Waals surface area contributed by atoms with E-state index in [1.54, 1.807) is 0 Å². The molecule has 2 aromatic carbocycles. The lowest BCUT2D eigenvalue weighted by Crippen LogP contribution is -2.36. The molecule has 1 N–H and O–H groups in total. The summed E-state index contributed by atoms with van der Waals surface area (Å²) in [4.78, 5) is 15.2. The molecule has 5 heteroatoms. The van der Waals surface area contributed by atoms with Gasteiger partial charge in [0.15, 0.2) is 0 Å². The van der Waals surface area contributed by atoms with E-state index in [4.69, 9.17) is 4.98 Å². The van der Waals surface area contributed by atoms with Gasteiger partial charge in [-0.1, -0.05) is 24.3 Å². The number of nitrogens with one attached hydrogen (secondary N) is 1. The molecule has 138 valence electrons. The molecule has 0 aliphatic rings. The fourth-order valence-electron chi connectivity index (χ4n) is 3.02. The highest BCUT2D eigenvalue weighted by Gasteiger charge is 2.15. The van der Waals surface area contributed by atoms with Gasteiger partial charge in [-0.3, -0.25) is 0 Å². The Bertz CT molecular complexity index is 792. The summed E-state index contributed by atoms with van der Waals surface area (Å²) in [5, 5.41) is 0. The number of rotatable bonds is 8. The molecule has 3 rings (SSSR count). The van der Waals surface area contributed by atoms with Gasteiger partial charge in [-0.05, 0) is 52.5 Å². The summed E-state index contributed by atoms with van der Waals surface area (Å²) in [5.74, 6) is 0.932. The van der Waals surface area contributed by atoms with E-state index < -0.39 is 0 Å². The highest BCUT2D eigenvalue weighted by Crippen LogP contribution is 2.30. The zero-order valence-corrected chi connectivity index (χ0v) is 16.2. The summed E-state index contributed by atoms with van der Waals surface area (Å²) < 4.78 is 0. The maximum atomic E-state index is 4.81. The van der Waals surface area contributed by atoms with Crippen LogP contribution in [-0.4, -0.2) is 74.1 Å². The highest BCUT2D eigenvalue weighted by atomic mass is 15.2. The van der Waals surface area contributed by atoms with Gasteiger partial charge in [-0.2, -0.15) is 0 Å². The molecule has 0 atom stereocenters. The molecule has 26 heavy (non-hydrogen) atoms. The van der Waals surface area contributed by atoms with Crippen molar-refractivity contribution < 1.29 is 0 Å². The second kappa shape index (κ2) is 8.34. The van der Waals surface area contributed by atoms with E-state index in [1.165, 1.54) is 5.69 Å². The minimum Gasteiger partial charge on any atom is -0.368 e. The fraction of sp³-hybridized carbons (Fsp3) is 0.381. The molecule has 0 saturated carbocycles. The van der Waals surface area contributed by atoms with E-state index in [9.17, 15) is 0 Å². The molecule has 0 amide bonds. The number of fused-ring (bicyclic) bond motifs is 1. The smallest absolute Gasteiger partial charge is 0.140 e. The van der Waals surface area contributed by atoms with E-state index in [1.807, 2.05) is 18.2 Å². The Labute approximate surface area is 156 Å². The van der Waals surface area contributed by atoms with Crippen LogP contribution >= 0.6 is 0 Å². The summed E-state index contributed by atoms with van der Waals surface area (Å²) in [5.41, 5.74) is 4.47. The first-order chi connectivity index (χ1) is 12.5. The molecule has 1 aromatic heterocycles. The first-order valence-electron chi connectivity index (χ1n) is 9.13. The summed E-state index contributed by atoms with van der Waals surface area (Å²) in [6.45, 7) is 4.00. The number of H-pyrrole nitrogens is 1. The minimum atomic E-state index is 0.932. The molecule has 3 aromatic rings. The van der Waals surface area contributed by atoms with Crippen LogP contribution in [0.5, 0.6) is 0 Å². The van der Waals surface area contributed by atoms with Gasteiger partial charge in [-0.25, -0.2) is 4.98 Å². The minimum absolute atomic E-state index is 0.932. The summed E-state index contributed by atoms with van der Waals surface area (Å²) in [7, 11) is 8.48. The maximum Gasteiger partial charge on any atom is 0.140 e. The normalized spacial score (nSPS) is 11.6. The van der Waals surface area contributed by atoms with E-state index in [0.29, 0.717) is 0 Å². The Balaban J connectivity index is 1.96. The van der Waals surface area contributed by atoms with Crippen molar-refractivity contribution in [2.45, 2.75) is 0 Å². The number of aromatic nitrogens is 2. The van der Waals surface area contributed by atoms with Crippen LogP contribution in [0.2, 0.25) is 0 Å². The third-order valence-electron chi connectivity index (χ3n) is 4.52. The summed E-state index contributed by atoms with van der Waals surface area (Å²) in [6.07, 6.45) is 0. The van der Waals surface area contributed by atoms with Gasteiger partial charge in [0, 0.05) is 37.4 Å². The van der Waals surface area contributed by atoms with E-state index in [-0.39, 0.29) is 0 Å². The van der Waals surface area contributed by atoms with Crippen LogP contribution in [0.1, 0.15) is 0 Å². The third-order valence-corrected chi connectivity index (χ3v) is 4.52. The van der Waals surface area contributed by atoms with Crippen molar-refractivity contribution in [3.05, 3.63) is 48.5 Å². The Morgan fingerprint density at radius 3 is 2.04 bits per heavy atom. The number of hydrogen-bond acceptors (Lipinski definition) is 4. The predicted octanol–water partition coefficient (Wildman–Crippen LogP) is 3.16. The molecule has 0 saturated heterocycles. The van der Waals surface area contributed by atoms with Crippen molar-refractivity contribution in [2.75, 3.05) is 59.3 Å². The topological polar surface area (TPSA) is 38.4 Å². The molecule has 0 unspecified atom stereocenters. The standard InChI is InChI=1S/C21H29N5/c1-24(2)13-15-26(16-14-25(3)4)20-12-8-5-9-17(20)21-22-18-10-6-7-11-19(18)23-21/h5-12H,13-16H2,1-4H3,(H,22,23). The van der Waals surface area contributed by atoms with Crippen molar-refractivity contribution in [2.24, 2.45) is 0 Å². The second-order valence-corrected chi connectivity index (χ2v) is 7.21. The highest BCUT2D eigenvalue weighted by molar-refractivity contribution is 5.83. The average molecular weight is 351 g/mol. The zero-order chi connectivity index (χ0) is 18.5. The van der Waals surface area contributed by atoms with Gasteiger partial charge in [0.1, 0.15) is 5.82 Å². The summed E-state index contributed by atoms with van der Waals surface area (Å²) >= 11 is 0. The molecule has 0 aliphatic carbocycles. The summed E-state index contributed by atoms with van der Waals surface area (Å²) in [6, 6.07) is 16.7. The van der Waals surface area contributed by atoms with Crippen LogP contribution in [0.4, 0.5) is 5.69 Å². The molecular formula is C21H29N5. The number of hydrogen-bond donors (Lipinski definition) is 1. The third kappa shape index (κ3) is 4.42. The maximum absolute atomic E-state index is 4.81. The SMILES string of the molecule is CN(C)CCN(CCN(C)C)c1ccccc1-c1nc2ccccc2[nH]1. The van der Waals surface area contributed by atoms with Gasteiger partial charge in [-0.15, -0.1) is 0 Å². The Morgan fingerprint density at radius 1 is 0.769 bits per heavy atom. The van der Waals surface area contributed by atoms with Crippen LogP contribution in [0.25, 0.3) is 22.4 Å². The number of para-hydroxylation sites is 3. The lowest BCUT2D eigenvalue weighted by molar-refractivity contribution is 0.391. The van der Waals surface area contributed by atoms with Crippen LogP contribution in [0.15, 0.2) is 48.5 Å². The first kappa shape index (κ1) is 18.4. The molecule has 1 heterocycles. The molecule has 0 fully saturated rings. The van der Waals surface area contributed by atoms with Crippen molar-refractivity contribution >= 4 is 16.7 Å². The number of aromatic amines is 1. The monoisotopic (exact) mass is 351 g/mol. The molecule has 0 spiro atoms. The quantitative estimate of drug-likeness (QED) is 0.677. The molecule has 0 bridgehead atoms. The Morgan fingerprint density at radius 2 is 1.38 bits per heavy atom. The van der Waals surface area contributed by atoms with Crippen molar-refractivity contribution in [1.29, 1.82) is 0 Å². The second-order valence-electron chi connectivity index (χ2n) is 7.21. The molecular weight excluding hydrogens is 322 g/mol. The number of benzene rings is 2. The predicted molar refractivity (Wildman–Crippen MR) is 111 cm³/mol. The van der Waals surface area contributed by atoms with Crippen LogP contribution in [0.3, 0.4) is 0 Å². The average Bonchev–Trinajstić information content (AvgIpc) is 3.05. The van der Waals surface area contributed by atoms with Crippen LogP contribution in [0, 0.1) is 0 Å². The van der Waals surface area contributed by atoms with Crippen LogP contribution in [-0.2, 0) is 0 Å². The molecule has 0 aliphatic heterocycles. The van der Waals surface area contributed by atoms with Gasteiger partial charge in [0.2, 0.25) is 0 Å².